The fourth-order valence-electron chi connectivity index (χ4n) is 1.91. The summed E-state index contributed by atoms with van der Waals surface area (Å²) in [6.07, 6.45) is -0.702. The average molecular weight is 315 g/mol. The molecule has 0 aromatic heterocycles. The van der Waals surface area contributed by atoms with E-state index >= 15 is 0 Å². The number of hydrogen-bond donors (Lipinski definition) is 1. The van der Waals surface area contributed by atoms with Crippen LogP contribution >= 0.6 is 11.6 Å². The lowest BCUT2D eigenvalue weighted by Crippen LogP contribution is -2.30. The minimum atomic E-state index is -0.702. The number of anilines is 1. The van der Waals surface area contributed by atoms with E-state index in [1.165, 1.54) is 0 Å². The van der Waals surface area contributed by atoms with E-state index in [1.807, 2.05) is 13.0 Å². The van der Waals surface area contributed by atoms with Crippen LogP contribution in [0.15, 0.2) is 42.5 Å². The van der Waals surface area contributed by atoms with Gasteiger partial charge in [0.05, 0.1) is 11.3 Å². The number of ether oxygens (including phenoxy) is 1. The van der Waals surface area contributed by atoms with Gasteiger partial charge >= 0.3 is 0 Å². The predicted molar refractivity (Wildman–Crippen MR) is 86.1 cm³/mol. The molecule has 1 amide bonds. The number of carbonyl (C=O) groups is 1. The molecule has 2 aromatic carbocycles. The first-order valence-electron chi connectivity index (χ1n) is 6.74. The first-order chi connectivity index (χ1) is 10.5. The maximum absolute atomic E-state index is 12.2. The van der Waals surface area contributed by atoms with Gasteiger partial charge in [0.1, 0.15) is 11.8 Å². The van der Waals surface area contributed by atoms with Crippen LogP contribution in [-0.4, -0.2) is 12.0 Å². The number of nitriles is 1. The average Bonchev–Trinajstić information content (AvgIpc) is 2.50. The van der Waals surface area contributed by atoms with Crippen LogP contribution in [0.5, 0.6) is 5.75 Å². The first-order valence-corrected chi connectivity index (χ1v) is 7.12. The van der Waals surface area contributed by atoms with Gasteiger partial charge in [-0.15, -0.1) is 0 Å². The molecule has 0 spiro atoms. The molecule has 5 heteroatoms. The second-order valence-corrected chi connectivity index (χ2v) is 5.25. The summed E-state index contributed by atoms with van der Waals surface area (Å²) in [5.41, 5.74) is 1.73. The number of hydrogen-bond acceptors (Lipinski definition) is 3. The van der Waals surface area contributed by atoms with Crippen LogP contribution in [0.2, 0.25) is 5.02 Å². The van der Waals surface area contributed by atoms with Gasteiger partial charge in [-0.2, -0.15) is 5.26 Å². The van der Waals surface area contributed by atoms with Gasteiger partial charge in [0, 0.05) is 5.02 Å². The third-order valence-electron chi connectivity index (χ3n) is 3.12. The molecule has 0 radical (unpaired) electrons. The molecule has 0 aliphatic carbocycles. The number of nitrogens with one attached hydrogen (secondary N) is 1. The normalized spacial score (nSPS) is 11.4. The first kappa shape index (κ1) is 15.9. The molecule has 0 saturated heterocycles. The van der Waals surface area contributed by atoms with E-state index in [9.17, 15) is 4.79 Å². The van der Waals surface area contributed by atoms with Crippen molar-refractivity contribution in [1.29, 1.82) is 5.26 Å². The van der Waals surface area contributed by atoms with E-state index in [4.69, 9.17) is 21.6 Å². The molecule has 0 heterocycles. The van der Waals surface area contributed by atoms with Gasteiger partial charge in [0.25, 0.3) is 5.91 Å². The molecule has 1 N–H and O–H groups in total. The fraction of sp³-hybridized carbons (Fsp3) is 0.176. The van der Waals surface area contributed by atoms with E-state index < -0.39 is 6.10 Å². The Kier molecular flexibility index (Phi) is 5.03. The predicted octanol–water partition coefficient (Wildman–Crippen LogP) is 3.93. The van der Waals surface area contributed by atoms with E-state index in [1.54, 1.807) is 49.4 Å². The number of nitrogens with zero attached hydrogens (tertiary/aromatic N) is 1. The number of amides is 1. The molecule has 0 bridgehead atoms. The topological polar surface area (TPSA) is 62.1 Å². The monoisotopic (exact) mass is 314 g/mol. The number of carbonyl (C=O) groups excluding carboxylic acids is 1. The van der Waals surface area contributed by atoms with E-state index in [2.05, 4.69) is 5.32 Å². The Morgan fingerprint density at radius 3 is 2.73 bits per heavy atom. The van der Waals surface area contributed by atoms with Crippen LogP contribution < -0.4 is 10.1 Å². The summed E-state index contributed by atoms with van der Waals surface area (Å²) in [4.78, 5) is 12.2. The molecule has 22 heavy (non-hydrogen) atoms. The zero-order valence-electron chi connectivity index (χ0n) is 12.3. The summed E-state index contributed by atoms with van der Waals surface area (Å²) in [6.45, 7) is 3.51. The second-order valence-electron chi connectivity index (χ2n) is 4.82. The smallest absolute Gasteiger partial charge is 0.265 e. The summed E-state index contributed by atoms with van der Waals surface area (Å²) in [5.74, 6) is 0.276. The maximum atomic E-state index is 12.2. The molecule has 0 aliphatic heterocycles. The minimum absolute atomic E-state index is 0.322. The van der Waals surface area contributed by atoms with Gasteiger partial charge < -0.3 is 10.1 Å². The lowest BCUT2D eigenvalue weighted by molar-refractivity contribution is -0.122. The Bertz CT molecular complexity index is 738. The van der Waals surface area contributed by atoms with E-state index in [-0.39, 0.29) is 5.91 Å². The molecule has 2 aromatic rings. The van der Waals surface area contributed by atoms with Crippen molar-refractivity contribution in [3.63, 3.8) is 0 Å². The molecule has 0 fully saturated rings. The summed E-state index contributed by atoms with van der Waals surface area (Å²) >= 11 is 5.89. The van der Waals surface area contributed by atoms with Crippen molar-refractivity contribution in [2.45, 2.75) is 20.0 Å². The van der Waals surface area contributed by atoms with Crippen molar-refractivity contribution >= 4 is 23.2 Å². The van der Waals surface area contributed by atoms with E-state index in [0.29, 0.717) is 22.0 Å². The lowest BCUT2D eigenvalue weighted by atomic mass is 10.2. The lowest BCUT2D eigenvalue weighted by Gasteiger charge is -2.16. The molecule has 4 nitrogen and oxygen atoms in total. The molecule has 112 valence electrons. The number of aryl methyl sites for hydroxylation is 1. The van der Waals surface area contributed by atoms with Gasteiger partial charge in [0.15, 0.2) is 6.10 Å². The van der Waals surface area contributed by atoms with Crippen LogP contribution in [0.4, 0.5) is 5.69 Å². The highest BCUT2D eigenvalue weighted by molar-refractivity contribution is 6.30. The highest BCUT2D eigenvalue weighted by atomic mass is 35.5. The second kappa shape index (κ2) is 6.97. The SMILES string of the molecule is Cc1cc(Cl)ccc1O[C@@H](C)C(=O)Nc1ccccc1C#N. The van der Waals surface area contributed by atoms with Crippen molar-refractivity contribution in [3.8, 4) is 11.8 Å². The summed E-state index contributed by atoms with van der Waals surface area (Å²) in [7, 11) is 0. The molecular weight excluding hydrogens is 300 g/mol. The Morgan fingerprint density at radius 2 is 2.05 bits per heavy atom. The van der Waals surface area contributed by atoms with Crippen molar-refractivity contribution < 1.29 is 9.53 Å². The maximum Gasteiger partial charge on any atom is 0.265 e. The summed E-state index contributed by atoms with van der Waals surface area (Å²) in [5, 5.41) is 12.3. The fourth-order valence-corrected chi connectivity index (χ4v) is 2.14. The van der Waals surface area contributed by atoms with Gasteiger partial charge in [0.2, 0.25) is 0 Å². The molecule has 0 saturated carbocycles. The quantitative estimate of drug-likeness (QED) is 0.930. The van der Waals surface area contributed by atoms with Crippen LogP contribution in [0.1, 0.15) is 18.1 Å². The molecular formula is C17H15ClN2O2. The number of halogens is 1. The van der Waals surface area contributed by atoms with Crippen LogP contribution in [0.3, 0.4) is 0 Å². The van der Waals surface area contributed by atoms with Crippen LogP contribution in [0.25, 0.3) is 0 Å². The zero-order valence-corrected chi connectivity index (χ0v) is 13.0. The third-order valence-corrected chi connectivity index (χ3v) is 3.35. The van der Waals surface area contributed by atoms with Crippen LogP contribution in [0, 0.1) is 18.3 Å². The summed E-state index contributed by atoms with van der Waals surface area (Å²) < 4.78 is 5.65. The Morgan fingerprint density at radius 1 is 1.32 bits per heavy atom. The molecule has 1 atom stereocenters. The van der Waals surface area contributed by atoms with Crippen LogP contribution in [-0.2, 0) is 4.79 Å². The minimum Gasteiger partial charge on any atom is -0.481 e. The largest absolute Gasteiger partial charge is 0.481 e. The number of rotatable bonds is 4. The van der Waals surface area contributed by atoms with Crippen molar-refractivity contribution in [1.82, 2.24) is 0 Å². The van der Waals surface area contributed by atoms with Crippen molar-refractivity contribution in [2.24, 2.45) is 0 Å². The zero-order chi connectivity index (χ0) is 16.1. The number of para-hydroxylation sites is 1. The van der Waals surface area contributed by atoms with Crippen molar-refractivity contribution in [3.05, 3.63) is 58.6 Å². The third kappa shape index (κ3) is 3.78. The molecule has 0 unspecified atom stereocenters. The van der Waals surface area contributed by atoms with Gasteiger partial charge in [-0.05, 0) is 49.7 Å². The van der Waals surface area contributed by atoms with Crippen molar-refractivity contribution in [2.75, 3.05) is 5.32 Å². The number of benzene rings is 2. The highest BCUT2D eigenvalue weighted by Gasteiger charge is 2.17. The molecule has 0 aliphatic rings. The van der Waals surface area contributed by atoms with E-state index in [0.717, 1.165) is 5.56 Å². The standard InChI is InChI=1S/C17H15ClN2O2/c1-11-9-14(18)7-8-16(11)22-12(2)17(21)20-15-6-4-3-5-13(15)10-19/h3-9,12H,1-2H3,(H,20,21)/t12-/m0/s1. The Hall–Kier alpha value is -2.51. The van der Waals surface area contributed by atoms with Gasteiger partial charge in [-0.1, -0.05) is 23.7 Å². The highest BCUT2D eigenvalue weighted by Crippen LogP contribution is 2.23. The van der Waals surface area contributed by atoms with Gasteiger partial charge in [-0.25, -0.2) is 0 Å². The Labute approximate surface area is 134 Å². The summed E-state index contributed by atoms with van der Waals surface area (Å²) in [6, 6.07) is 14.1. The molecule has 2 rings (SSSR count). The Balaban J connectivity index is 2.08. The van der Waals surface area contributed by atoms with Gasteiger partial charge in [-0.3, -0.25) is 4.79 Å².